The molecule has 1 aliphatic rings. The number of aromatic nitrogens is 2. The molecule has 1 aromatic heterocycles. The van der Waals surface area contributed by atoms with Gasteiger partial charge in [-0.2, -0.15) is 0 Å². The Labute approximate surface area is 164 Å². The number of fused-ring (bicyclic) bond motifs is 4. The van der Waals surface area contributed by atoms with Crippen LogP contribution in [0.2, 0.25) is 0 Å². The highest BCUT2D eigenvalue weighted by molar-refractivity contribution is 6.18. The summed E-state index contributed by atoms with van der Waals surface area (Å²) in [5, 5.41) is 2.64. The van der Waals surface area contributed by atoms with Crippen LogP contribution >= 0.6 is 0 Å². The number of nitrogens with zero attached hydrogens (tertiary/aromatic N) is 2. The number of rotatable bonds is 1. The maximum Gasteiger partial charge on any atom is 0.188 e. The van der Waals surface area contributed by atoms with Crippen LogP contribution < -0.4 is 0 Å². The van der Waals surface area contributed by atoms with Crippen LogP contribution in [0.15, 0.2) is 72.8 Å². The molecule has 1 aliphatic carbocycles. The zero-order chi connectivity index (χ0) is 19.0. The molecule has 2 heteroatoms. The second-order valence-corrected chi connectivity index (χ2v) is 7.66. The maximum absolute atomic E-state index is 4.41. The number of para-hydroxylation sites is 2. The van der Waals surface area contributed by atoms with Crippen molar-refractivity contribution in [1.29, 1.82) is 0 Å². The molecule has 0 aliphatic heterocycles. The Hall–Kier alpha value is -3.52. The van der Waals surface area contributed by atoms with E-state index >= 15 is 0 Å². The number of hydrogen-bond acceptors (Lipinski definition) is 0. The fraction of sp³-hybridized carbons (Fsp3) is 0.0769. The van der Waals surface area contributed by atoms with Crippen LogP contribution in [-0.4, -0.2) is 9.13 Å². The van der Waals surface area contributed by atoms with Crippen molar-refractivity contribution in [1.82, 2.24) is 9.13 Å². The molecule has 0 unspecified atom stereocenters. The largest absolute Gasteiger partial charge is 0.294 e. The Morgan fingerprint density at radius 2 is 1.39 bits per heavy atom. The van der Waals surface area contributed by atoms with Gasteiger partial charge in [-0.05, 0) is 53.4 Å². The normalized spacial score (nSPS) is 12.1. The summed E-state index contributed by atoms with van der Waals surface area (Å²) in [5.74, 6) is 0.987. The maximum atomic E-state index is 4.41. The second kappa shape index (κ2) is 5.26. The fourth-order valence-corrected chi connectivity index (χ4v) is 4.91. The summed E-state index contributed by atoms with van der Waals surface area (Å²) >= 11 is 0. The van der Waals surface area contributed by atoms with Gasteiger partial charge in [0.05, 0.1) is 5.39 Å². The summed E-state index contributed by atoms with van der Waals surface area (Å²) in [6, 6.07) is 26.3. The highest BCUT2D eigenvalue weighted by atomic mass is 15.2. The molecular weight excluding hydrogens is 340 g/mol. The minimum absolute atomic E-state index is 0.987. The van der Waals surface area contributed by atoms with E-state index in [4.69, 9.17) is 0 Å². The van der Waals surface area contributed by atoms with Gasteiger partial charge in [-0.15, -0.1) is 0 Å². The lowest BCUT2D eigenvalue weighted by molar-refractivity contribution is 0.874. The summed E-state index contributed by atoms with van der Waals surface area (Å²) in [6.45, 7) is 6.62. The molecule has 0 N–H and O–H groups in total. The molecule has 6 rings (SSSR count). The van der Waals surface area contributed by atoms with Gasteiger partial charge in [0.25, 0.3) is 0 Å². The highest BCUT2D eigenvalue weighted by Gasteiger charge is 2.27. The first-order chi connectivity index (χ1) is 13.7. The summed E-state index contributed by atoms with van der Waals surface area (Å²) in [7, 11) is 2.09. The quantitative estimate of drug-likeness (QED) is 0.295. The van der Waals surface area contributed by atoms with E-state index in [0.717, 1.165) is 5.82 Å². The average molecular weight is 360 g/mol. The van der Waals surface area contributed by atoms with E-state index in [1.165, 1.54) is 55.3 Å². The number of hydrogen-bond donors (Lipinski definition) is 0. The third-order valence-electron chi connectivity index (χ3n) is 6.18. The SMILES string of the molecule is [CH2-][c+]1n(C)c2ccccc2n1-c1c(C)cc2c3c(cccc13)-c1ccccc1-2. The summed E-state index contributed by atoms with van der Waals surface area (Å²) in [5.41, 5.74) is 10.2. The Morgan fingerprint density at radius 1 is 0.750 bits per heavy atom. The van der Waals surface area contributed by atoms with E-state index in [1.54, 1.807) is 0 Å². The monoisotopic (exact) mass is 360 g/mol. The second-order valence-electron chi connectivity index (χ2n) is 7.66. The first kappa shape index (κ1) is 15.5. The minimum atomic E-state index is 0.987. The van der Waals surface area contributed by atoms with Gasteiger partial charge in [0.1, 0.15) is 5.69 Å². The molecule has 0 spiro atoms. The van der Waals surface area contributed by atoms with Gasteiger partial charge in [-0.1, -0.05) is 36.4 Å². The lowest BCUT2D eigenvalue weighted by Gasteiger charge is -2.13. The molecule has 0 fully saturated rings. The van der Waals surface area contributed by atoms with Crippen molar-refractivity contribution in [2.45, 2.75) is 6.92 Å². The molecule has 0 amide bonds. The van der Waals surface area contributed by atoms with Crippen molar-refractivity contribution in [3.8, 4) is 27.9 Å². The Balaban J connectivity index is 1.81. The van der Waals surface area contributed by atoms with Gasteiger partial charge in [-0.3, -0.25) is 11.5 Å². The Morgan fingerprint density at radius 3 is 2.18 bits per heavy atom. The molecule has 0 radical (unpaired) electrons. The van der Waals surface area contributed by atoms with E-state index < -0.39 is 0 Å². The lowest BCUT2D eigenvalue weighted by Crippen LogP contribution is -2.03. The van der Waals surface area contributed by atoms with Gasteiger partial charge in [0.2, 0.25) is 0 Å². The van der Waals surface area contributed by atoms with Crippen molar-refractivity contribution in [3.63, 3.8) is 0 Å². The van der Waals surface area contributed by atoms with Gasteiger partial charge in [0, 0.05) is 36.0 Å². The van der Waals surface area contributed by atoms with Crippen LogP contribution in [0.4, 0.5) is 0 Å². The highest BCUT2D eigenvalue weighted by Crippen LogP contribution is 2.49. The third kappa shape index (κ3) is 1.77. The molecule has 134 valence electrons. The zero-order valence-corrected chi connectivity index (χ0v) is 16.0. The summed E-state index contributed by atoms with van der Waals surface area (Å²) in [6.07, 6.45) is 0. The van der Waals surface area contributed by atoms with Crippen LogP contribution in [-0.2, 0) is 7.05 Å². The van der Waals surface area contributed by atoms with Crippen molar-refractivity contribution in [2.75, 3.05) is 0 Å². The van der Waals surface area contributed by atoms with Gasteiger partial charge in [-0.25, -0.2) is 4.57 Å². The van der Waals surface area contributed by atoms with Crippen molar-refractivity contribution >= 4 is 21.8 Å². The number of aryl methyl sites for hydroxylation is 2. The predicted octanol–water partition coefficient (Wildman–Crippen LogP) is 6.54. The van der Waals surface area contributed by atoms with Gasteiger partial charge < -0.3 is 0 Å². The molecule has 2 nitrogen and oxygen atoms in total. The number of benzene rings is 4. The van der Waals surface area contributed by atoms with Gasteiger partial charge in [0.15, 0.2) is 11.0 Å². The number of imidazole rings is 1. The molecular formula is C26H20N2. The molecule has 0 saturated carbocycles. The van der Waals surface area contributed by atoms with Crippen molar-refractivity contribution < 1.29 is 0 Å². The lowest BCUT2D eigenvalue weighted by atomic mass is 9.97. The average Bonchev–Trinajstić information content (AvgIpc) is 3.17. The predicted molar refractivity (Wildman–Crippen MR) is 118 cm³/mol. The molecule has 1 heterocycles. The third-order valence-corrected chi connectivity index (χ3v) is 6.18. The Bertz CT molecular complexity index is 1440. The topological polar surface area (TPSA) is 9.86 Å². The fourth-order valence-electron chi connectivity index (χ4n) is 4.91. The van der Waals surface area contributed by atoms with Crippen LogP contribution in [0, 0.1) is 13.8 Å². The standard InChI is InChI=1S/C26H20N2/c1-16-15-22-19-10-5-4-9-18(19)20-11-8-12-21(25(20)22)26(16)28-17(2)27(3)23-13-6-7-14-24(23)28/h4-15H,2H2,1,3H3. The molecule has 0 saturated heterocycles. The molecule has 4 aromatic carbocycles. The first-order valence-electron chi connectivity index (χ1n) is 9.64. The minimum Gasteiger partial charge on any atom is -0.294 e. The van der Waals surface area contributed by atoms with Crippen LogP contribution in [0.5, 0.6) is 0 Å². The van der Waals surface area contributed by atoms with Gasteiger partial charge >= 0.3 is 0 Å². The molecule has 5 aromatic rings. The van der Waals surface area contributed by atoms with E-state index in [2.05, 4.69) is 103 Å². The summed E-state index contributed by atoms with van der Waals surface area (Å²) in [4.78, 5) is 0. The Kier molecular flexibility index (Phi) is 2.92. The van der Waals surface area contributed by atoms with Crippen molar-refractivity contribution in [3.05, 3.63) is 91.1 Å². The van der Waals surface area contributed by atoms with E-state index in [0.29, 0.717) is 0 Å². The molecule has 0 atom stereocenters. The summed E-state index contributed by atoms with van der Waals surface area (Å²) < 4.78 is 4.49. The van der Waals surface area contributed by atoms with Crippen LogP contribution in [0.3, 0.4) is 0 Å². The molecule has 0 bridgehead atoms. The zero-order valence-electron chi connectivity index (χ0n) is 16.0. The molecule has 28 heavy (non-hydrogen) atoms. The first-order valence-corrected chi connectivity index (χ1v) is 9.64. The van der Waals surface area contributed by atoms with E-state index in [9.17, 15) is 0 Å². The van der Waals surface area contributed by atoms with Crippen molar-refractivity contribution in [2.24, 2.45) is 7.05 Å². The van der Waals surface area contributed by atoms with E-state index in [-0.39, 0.29) is 0 Å². The van der Waals surface area contributed by atoms with Crippen LogP contribution in [0.25, 0.3) is 49.7 Å². The van der Waals surface area contributed by atoms with Crippen LogP contribution in [0.1, 0.15) is 11.4 Å². The smallest absolute Gasteiger partial charge is 0.188 e. The van der Waals surface area contributed by atoms with E-state index in [1.807, 2.05) is 0 Å².